The number of nitrogens with zero attached hydrogens (tertiary/aromatic N) is 1. The molecule has 1 rings (SSSR count). The van der Waals surface area contributed by atoms with Crippen LogP contribution in [0.25, 0.3) is 0 Å². The molecule has 0 heterocycles. The average molecular weight is 391 g/mol. The second kappa shape index (κ2) is 7.10. The third kappa shape index (κ3) is 5.70. The van der Waals surface area contributed by atoms with Crippen LogP contribution in [-0.2, 0) is 14.8 Å². The molecule has 5 nitrogen and oxygen atoms in total. The molecule has 1 N–H and O–H groups in total. The van der Waals surface area contributed by atoms with Gasteiger partial charge in [-0.25, -0.2) is 8.42 Å². The molecule has 0 spiro atoms. The second-order valence-corrected chi connectivity index (χ2v) is 9.03. The Balaban J connectivity index is 2.70. The Labute approximate surface area is 141 Å². The van der Waals surface area contributed by atoms with Crippen LogP contribution >= 0.6 is 15.9 Å². The highest BCUT2D eigenvalue weighted by molar-refractivity contribution is 9.10. The number of amides is 1. The van der Waals surface area contributed by atoms with Gasteiger partial charge < -0.3 is 5.32 Å². The van der Waals surface area contributed by atoms with Crippen LogP contribution in [0.1, 0.15) is 32.8 Å². The number of benzene rings is 1. The van der Waals surface area contributed by atoms with Crippen LogP contribution in [0.15, 0.2) is 22.7 Å². The maximum absolute atomic E-state index is 12.0. The van der Waals surface area contributed by atoms with Crippen molar-refractivity contribution in [3.8, 4) is 0 Å². The molecule has 0 atom stereocenters. The Bertz CT molecular complexity index is 651. The third-order valence-corrected chi connectivity index (χ3v) is 5.53. The molecule has 0 aromatic heterocycles. The number of carbonyl (C=O) groups is 1. The molecule has 1 amide bonds. The summed E-state index contributed by atoms with van der Waals surface area (Å²) in [6.45, 7) is 7.54. The monoisotopic (exact) mass is 390 g/mol. The minimum absolute atomic E-state index is 0.107. The zero-order valence-electron chi connectivity index (χ0n) is 13.6. The van der Waals surface area contributed by atoms with Gasteiger partial charge in [0.2, 0.25) is 15.9 Å². The Morgan fingerprint density at radius 1 is 1.32 bits per heavy atom. The largest absolute Gasteiger partial charge is 0.326 e. The van der Waals surface area contributed by atoms with Crippen molar-refractivity contribution >= 4 is 37.5 Å². The normalized spacial score (nSPS) is 12.5. The molecule has 0 radical (unpaired) electrons. The fourth-order valence-corrected chi connectivity index (χ4v) is 3.89. The first kappa shape index (κ1) is 19.1. The first-order valence-corrected chi connectivity index (χ1v) is 9.59. The zero-order valence-corrected chi connectivity index (χ0v) is 16.0. The fourth-order valence-electron chi connectivity index (χ4n) is 2.10. The number of nitrogens with one attached hydrogen (secondary N) is 1. The molecule has 1 aromatic carbocycles. The summed E-state index contributed by atoms with van der Waals surface area (Å²) in [5.74, 6) is -0.214. The molecule has 0 aliphatic heterocycles. The van der Waals surface area contributed by atoms with Gasteiger partial charge in [0.05, 0.1) is 6.26 Å². The van der Waals surface area contributed by atoms with E-state index in [0.717, 1.165) is 16.3 Å². The van der Waals surface area contributed by atoms with Gasteiger partial charge >= 0.3 is 0 Å². The molecular formula is C15H23BrN2O3S. The van der Waals surface area contributed by atoms with E-state index in [1.54, 1.807) is 0 Å². The highest BCUT2D eigenvalue weighted by Crippen LogP contribution is 2.21. The standard InChI is InChI=1S/C15H23BrN2O3S/c1-11-6-7-12(10-13(11)16)17-14(19)8-9-18(15(2,3)4)22(5,20)21/h6-7,10H,8-9H2,1-5H3,(H,17,19). The molecule has 0 fully saturated rings. The fraction of sp³-hybridized carbons (Fsp3) is 0.533. The lowest BCUT2D eigenvalue weighted by molar-refractivity contribution is -0.116. The topological polar surface area (TPSA) is 66.5 Å². The SMILES string of the molecule is Cc1ccc(NC(=O)CCN(C(C)(C)C)S(C)(=O)=O)cc1Br. The molecule has 0 bridgehead atoms. The highest BCUT2D eigenvalue weighted by atomic mass is 79.9. The number of sulfonamides is 1. The second-order valence-electron chi connectivity index (χ2n) is 6.27. The summed E-state index contributed by atoms with van der Waals surface area (Å²) in [4.78, 5) is 12.0. The van der Waals surface area contributed by atoms with Crippen molar-refractivity contribution in [3.63, 3.8) is 0 Å². The molecule has 1 aromatic rings. The minimum Gasteiger partial charge on any atom is -0.326 e. The van der Waals surface area contributed by atoms with Gasteiger partial charge in [0.25, 0.3) is 0 Å². The lowest BCUT2D eigenvalue weighted by Gasteiger charge is -2.33. The number of anilines is 1. The van der Waals surface area contributed by atoms with Crippen molar-refractivity contribution in [2.75, 3.05) is 18.1 Å². The van der Waals surface area contributed by atoms with Gasteiger partial charge in [-0.05, 0) is 45.4 Å². The predicted octanol–water partition coefficient (Wildman–Crippen LogP) is 3.15. The number of rotatable bonds is 5. The van der Waals surface area contributed by atoms with Crippen LogP contribution in [0.3, 0.4) is 0 Å². The van der Waals surface area contributed by atoms with Gasteiger partial charge in [-0.1, -0.05) is 22.0 Å². The summed E-state index contributed by atoms with van der Waals surface area (Å²) < 4.78 is 25.9. The van der Waals surface area contributed by atoms with Gasteiger partial charge in [-0.15, -0.1) is 0 Å². The molecule has 22 heavy (non-hydrogen) atoms. The predicted molar refractivity (Wildman–Crippen MR) is 93.4 cm³/mol. The Kier molecular flexibility index (Phi) is 6.18. The van der Waals surface area contributed by atoms with E-state index in [9.17, 15) is 13.2 Å². The third-order valence-electron chi connectivity index (χ3n) is 3.15. The molecule has 124 valence electrons. The van der Waals surface area contributed by atoms with Crippen molar-refractivity contribution in [2.45, 2.75) is 39.7 Å². The van der Waals surface area contributed by atoms with Crippen molar-refractivity contribution in [2.24, 2.45) is 0 Å². The minimum atomic E-state index is -3.36. The highest BCUT2D eigenvalue weighted by Gasteiger charge is 2.29. The average Bonchev–Trinajstić information content (AvgIpc) is 2.30. The molecule has 0 aliphatic carbocycles. The summed E-state index contributed by atoms with van der Waals surface area (Å²) >= 11 is 3.41. The smallest absolute Gasteiger partial charge is 0.225 e. The maximum atomic E-state index is 12.0. The number of aryl methyl sites for hydroxylation is 1. The summed E-state index contributed by atoms with van der Waals surface area (Å²) in [7, 11) is -3.36. The summed E-state index contributed by atoms with van der Waals surface area (Å²) in [5, 5.41) is 2.78. The lowest BCUT2D eigenvalue weighted by Crippen LogP contribution is -2.46. The zero-order chi connectivity index (χ0) is 17.1. The maximum Gasteiger partial charge on any atom is 0.225 e. The lowest BCUT2D eigenvalue weighted by atomic mass is 10.1. The van der Waals surface area contributed by atoms with Gasteiger partial charge in [0.15, 0.2) is 0 Å². The van der Waals surface area contributed by atoms with E-state index in [4.69, 9.17) is 0 Å². The van der Waals surface area contributed by atoms with Crippen molar-refractivity contribution < 1.29 is 13.2 Å². The van der Waals surface area contributed by atoms with Gasteiger partial charge in [0.1, 0.15) is 0 Å². The molecule has 7 heteroatoms. The molecule has 0 unspecified atom stereocenters. The number of hydrogen-bond acceptors (Lipinski definition) is 3. The van der Waals surface area contributed by atoms with Crippen LogP contribution < -0.4 is 5.32 Å². The number of halogens is 1. The first-order chi connectivity index (χ1) is 9.91. The number of hydrogen-bond donors (Lipinski definition) is 1. The Morgan fingerprint density at radius 2 is 1.91 bits per heavy atom. The van der Waals surface area contributed by atoms with E-state index >= 15 is 0 Å². The quantitative estimate of drug-likeness (QED) is 0.839. The van der Waals surface area contributed by atoms with Crippen LogP contribution in [0, 0.1) is 6.92 Å². The van der Waals surface area contributed by atoms with E-state index in [1.165, 1.54) is 4.31 Å². The molecule has 0 saturated carbocycles. The molecule has 0 saturated heterocycles. The van der Waals surface area contributed by atoms with Crippen LogP contribution in [-0.4, -0.2) is 37.0 Å². The summed E-state index contributed by atoms with van der Waals surface area (Å²) in [6.07, 6.45) is 1.27. The van der Waals surface area contributed by atoms with E-state index in [2.05, 4.69) is 21.2 Å². The first-order valence-electron chi connectivity index (χ1n) is 6.95. The van der Waals surface area contributed by atoms with E-state index in [0.29, 0.717) is 5.69 Å². The van der Waals surface area contributed by atoms with Gasteiger partial charge in [-0.2, -0.15) is 4.31 Å². The Morgan fingerprint density at radius 3 is 2.36 bits per heavy atom. The molecule has 0 aliphatic rings. The van der Waals surface area contributed by atoms with Gasteiger partial charge in [0, 0.05) is 28.7 Å². The van der Waals surface area contributed by atoms with Crippen LogP contribution in [0.2, 0.25) is 0 Å². The Hall–Kier alpha value is -0.920. The van der Waals surface area contributed by atoms with Gasteiger partial charge in [-0.3, -0.25) is 4.79 Å². The summed E-state index contributed by atoms with van der Waals surface area (Å²) in [6, 6.07) is 5.54. The number of carbonyl (C=O) groups excluding carboxylic acids is 1. The van der Waals surface area contributed by atoms with Crippen LogP contribution in [0.5, 0.6) is 0 Å². The molecular weight excluding hydrogens is 368 g/mol. The van der Waals surface area contributed by atoms with E-state index < -0.39 is 15.6 Å². The van der Waals surface area contributed by atoms with E-state index in [-0.39, 0.29) is 18.9 Å². The van der Waals surface area contributed by atoms with Crippen LogP contribution in [0.4, 0.5) is 5.69 Å². The van der Waals surface area contributed by atoms with Crippen molar-refractivity contribution in [3.05, 3.63) is 28.2 Å². The van der Waals surface area contributed by atoms with Crippen molar-refractivity contribution in [1.82, 2.24) is 4.31 Å². The summed E-state index contributed by atoms with van der Waals surface area (Å²) in [5.41, 5.74) is 1.21. The van der Waals surface area contributed by atoms with E-state index in [1.807, 2.05) is 45.9 Å². The van der Waals surface area contributed by atoms with Crippen molar-refractivity contribution in [1.29, 1.82) is 0 Å².